The highest BCUT2D eigenvalue weighted by atomic mass is 31.2. The number of carbonyl (C=O) groups excluding carboxylic acids is 2. The largest absolute Gasteiger partial charge is 0.472 e. The summed E-state index contributed by atoms with van der Waals surface area (Å²) < 4.78 is 34.5. The topological polar surface area (TPSA) is 108 Å². The molecule has 0 fully saturated rings. The number of rotatable bonds is 52. The van der Waals surface area contributed by atoms with Crippen molar-refractivity contribution in [1.82, 2.24) is 0 Å². The van der Waals surface area contributed by atoms with Gasteiger partial charge < -0.3 is 18.9 Å². The molecule has 0 rings (SSSR count). The summed E-state index contributed by atoms with van der Waals surface area (Å²) in [5.74, 6) is -0.777. The average molecular weight is 931 g/mol. The van der Waals surface area contributed by atoms with Gasteiger partial charge in [-0.25, -0.2) is 4.57 Å². The highest BCUT2D eigenvalue weighted by molar-refractivity contribution is 7.47. The van der Waals surface area contributed by atoms with E-state index in [9.17, 15) is 19.0 Å². The lowest BCUT2D eigenvalue weighted by Crippen LogP contribution is -2.37. The van der Waals surface area contributed by atoms with E-state index in [1.807, 2.05) is 21.1 Å². The van der Waals surface area contributed by atoms with E-state index in [0.29, 0.717) is 17.4 Å². The first-order chi connectivity index (χ1) is 31.0. The third kappa shape index (κ3) is 50.4. The number of nitrogens with zero attached hydrogens (tertiary/aromatic N) is 1. The van der Waals surface area contributed by atoms with Crippen molar-refractivity contribution in [3.63, 3.8) is 0 Å². The molecule has 0 aliphatic carbocycles. The lowest BCUT2D eigenvalue weighted by Gasteiger charge is -2.24. The Labute approximate surface area is 397 Å². The Hall–Kier alpha value is -0.990. The Morgan fingerprint density at radius 1 is 0.422 bits per heavy atom. The number of phosphoric acid groups is 1. The Balaban J connectivity index is 4.05. The predicted octanol–water partition coefficient (Wildman–Crippen LogP) is 16.7. The molecule has 2 atom stereocenters. The zero-order valence-electron chi connectivity index (χ0n) is 43.3. The van der Waals surface area contributed by atoms with E-state index in [2.05, 4.69) is 13.8 Å². The zero-order chi connectivity index (χ0) is 47.1. The first-order valence-electron chi connectivity index (χ1n) is 27.8. The van der Waals surface area contributed by atoms with Crippen molar-refractivity contribution in [2.45, 2.75) is 290 Å². The van der Waals surface area contributed by atoms with Gasteiger partial charge in [-0.1, -0.05) is 258 Å². The summed E-state index contributed by atoms with van der Waals surface area (Å²) in [7, 11) is 1.50. The van der Waals surface area contributed by atoms with Gasteiger partial charge in [0.1, 0.15) is 19.8 Å². The molecule has 1 N–H and O–H groups in total. The van der Waals surface area contributed by atoms with Crippen molar-refractivity contribution in [3.05, 3.63) is 0 Å². The van der Waals surface area contributed by atoms with Gasteiger partial charge in [-0.2, -0.15) is 0 Å². The zero-order valence-corrected chi connectivity index (χ0v) is 44.2. The summed E-state index contributed by atoms with van der Waals surface area (Å²) in [6, 6.07) is 0. The minimum atomic E-state index is -4.37. The van der Waals surface area contributed by atoms with Crippen LogP contribution in [0.4, 0.5) is 0 Å². The minimum absolute atomic E-state index is 0.0372. The maximum atomic E-state index is 12.8. The van der Waals surface area contributed by atoms with Crippen molar-refractivity contribution in [3.8, 4) is 0 Å². The molecule has 64 heavy (non-hydrogen) atoms. The maximum Gasteiger partial charge on any atom is 0.472 e. The van der Waals surface area contributed by atoms with Crippen molar-refractivity contribution < 1.29 is 42.1 Å². The van der Waals surface area contributed by atoms with Crippen LogP contribution in [0.2, 0.25) is 0 Å². The van der Waals surface area contributed by atoms with Crippen molar-refractivity contribution in [1.29, 1.82) is 0 Å². The second-order valence-corrected chi connectivity index (χ2v) is 21.8. The van der Waals surface area contributed by atoms with E-state index < -0.39 is 26.5 Å². The third-order valence-electron chi connectivity index (χ3n) is 12.6. The van der Waals surface area contributed by atoms with E-state index in [1.165, 1.54) is 218 Å². The number of hydrogen-bond donors (Lipinski definition) is 1. The van der Waals surface area contributed by atoms with Crippen LogP contribution in [-0.2, 0) is 32.7 Å². The molecule has 2 unspecified atom stereocenters. The molecule has 0 aliphatic rings. The Morgan fingerprint density at radius 3 is 1.00 bits per heavy atom. The van der Waals surface area contributed by atoms with Crippen LogP contribution in [0.15, 0.2) is 0 Å². The van der Waals surface area contributed by atoms with Crippen LogP contribution in [0, 0.1) is 0 Å². The summed E-state index contributed by atoms with van der Waals surface area (Å²) in [6.45, 7) is 4.49. The highest BCUT2D eigenvalue weighted by Crippen LogP contribution is 2.43. The van der Waals surface area contributed by atoms with Gasteiger partial charge in [-0.05, 0) is 12.8 Å². The van der Waals surface area contributed by atoms with Crippen molar-refractivity contribution in [2.24, 2.45) is 0 Å². The number of esters is 2. The molecule has 0 aromatic carbocycles. The highest BCUT2D eigenvalue weighted by Gasteiger charge is 2.27. The molecule has 0 saturated heterocycles. The quantitative estimate of drug-likeness (QED) is 0.0278. The van der Waals surface area contributed by atoms with Gasteiger partial charge in [-0.3, -0.25) is 18.6 Å². The molecule has 382 valence electrons. The van der Waals surface area contributed by atoms with Gasteiger partial charge in [0.2, 0.25) is 0 Å². The Bertz CT molecular complexity index is 1050. The van der Waals surface area contributed by atoms with Crippen LogP contribution in [0.3, 0.4) is 0 Å². The third-order valence-corrected chi connectivity index (χ3v) is 13.6. The predicted molar refractivity (Wildman–Crippen MR) is 271 cm³/mol. The molecular formula is C54H109NO8P+. The lowest BCUT2D eigenvalue weighted by molar-refractivity contribution is -0.870. The van der Waals surface area contributed by atoms with E-state index in [0.717, 1.165) is 38.5 Å². The fourth-order valence-corrected chi connectivity index (χ4v) is 9.05. The van der Waals surface area contributed by atoms with Crippen LogP contribution in [0.5, 0.6) is 0 Å². The summed E-state index contributed by atoms with van der Waals surface area (Å²) in [6.07, 6.45) is 51.7. The molecule has 0 bridgehead atoms. The van der Waals surface area contributed by atoms with Crippen molar-refractivity contribution >= 4 is 19.8 Å². The van der Waals surface area contributed by atoms with Gasteiger partial charge in [-0.15, -0.1) is 0 Å². The number of ether oxygens (including phenoxy) is 2. The van der Waals surface area contributed by atoms with Crippen LogP contribution in [-0.4, -0.2) is 74.9 Å². The van der Waals surface area contributed by atoms with Gasteiger partial charge in [0.05, 0.1) is 27.7 Å². The number of phosphoric ester groups is 1. The molecule has 10 heteroatoms. The molecular weight excluding hydrogens is 822 g/mol. The summed E-state index contributed by atoms with van der Waals surface area (Å²) >= 11 is 0. The monoisotopic (exact) mass is 931 g/mol. The molecule has 0 aromatic rings. The number of unbranched alkanes of at least 4 members (excludes halogenated alkanes) is 38. The van der Waals surface area contributed by atoms with Gasteiger partial charge in [0.15, 0.2) is 6.10 Å². The average Bonchev–Trinajstić information content (AvgIpc) is 3.25. The van der Waals surface area contributed by atoms with Crippen LogP contribution < -0.4 is 0 Å². The first kappa shape index (κ1) is 63.0. The maximum absolute atomic E-state index is 12.8. The molecule has 0 amide bonds. The van der Waals surface area contributed by atoms with E-state index in [4.69, 9.17) is 18.5 Å². The number of quaternary nitrogens is 1. The minimum Gasteiger partial charge on any atom is -0.462 e. The summed E-state index contributed by atoms with van der Waals surface area (Å²) in [5.41, 5.74) is 0. The molecule has 0 aromatic heterocycles. The molecule has 0 heterocycles. The SMILES string of the molecule is CCCCCCCCCCCCCCCCCCCCCCCCCCCCCC(=O)OC(COC(=O)CCCCCCCCCCCCCCC)COP(=O)(O)OCC[N+](C)(C)C. The van der Waals surface area contributed by atoms with Gasteiger partial charge in [0, 0.05) is 12.8 Å². The van der Waals surface area contributed by atoms with Crippen LogP contribution in [0.25, 0.3) is 0 Å². The second kappa shape index (κ2) is 47.1. The van der Waals surface area contributed by atoms with E-state index in [1.54, 1.807) is 0 Å². The Morgan fingerprint density at radius 2 is 0.703 bits per heavy atom. The normalized spacial score (nSPS) is 13.3. The summed E-state index contributed by atoms with van der Waals surface area (Å²) in [5, 5.41) is 0. The van der Waals surface area contributed by atoms with Crippen LogP contribution >= 0.6 is 7.82 Å². The smallest absolute Gasteiger partial charge is 0.462 e. The van der Waals surface area contributed by atoms with E-state index in [-0.39, 0.29) is 25.6 Å². The fourth-order valence-electron chi connectivity index (χ4n) is 8.31. The molecule has 9 nitrogen and oxygen atoms in total. The number of hydrogen-bond acceptors (Lipinski definition) is 7. The number of carbonyl (C=O) groups is 2. The van der Waals surface area contributed by atoms with Gasteiger partial charge in [0.25, 0.3) is 0 Å². The Kier molecular flexibility index (Phi) is 46.4. The molecule has 0 radical (unpaired) electrons. The second-order valence-electron chi connectivity index (χ2n) is 20.3. The lowest BCUT2D eigenvalue weighted by atomic mass is 10.0. The van der Waals surface area contributed by atoms with Crippen LogP contribution in [0.1, 0.15) is 284 Å². The standard InChI is InChI=1S/C54H108NO8P/c1-6-8-10-12-14-16-18-20-21-22-23-24-25-26-27-28-29-30-31-32-33-35-37-39-41-43-45-47-54(57)63-52(51-62-64(58,59)61-49-48-55(3,4)5)50-60-53(56)46-44-42-40-38-36-34-19-17-15-13-11-9-7-2/h52H,6-51H2,1-5H3/p+1. The van der Waals surface area contributed by atoms with Gasteiger partial charge >= 0.3 is 19.8 Å². The molecule has 0 aliphatic heterocycles. The molecule has 0 saturated carbocycles. The van der Waals surface area contributed by atoms with Crippen molar-refractivity contribution in [2.75, 3.05) is 47.5 Å². The number of likely N-dealkylation sites (N-methyl/N-ethyl adjacent to an activating group) is 1. The fraction of sp³-hybridized carbons (Fsp3) is 0.963. The molecule has 0 spiro atoms. The summed E-state index contributed by atoms with van der Waals surface area (Å²) in [4.78, 5) is 35.5. The van der Waals surface area contributed by atoms with E-state index >= 15 is 0 Å². The first-order valence-corrected chi connectivity index (χ1v) is 29.3.